The molecule has 0 fully saturated rings. The number of rotatable bonds is 30. The Labute approximate surface area is 257 Å². The number of amides is 2. The van der Waals surface area contributed by atoms with Gasteiger partial charge >= 0.3 is 11.9 Å². The van der Waals surface area contributed by atoms with Crippen LogP contribution in [-0.4, -0.2) is 64.8 Å². The van der Waals surface area contributed by atoms with Crippen LogP contribution in [0.4, 0.5) is 0 Å². The maximum Gasteiger partial charge on any atom is 0.326 e. The Morgan fingerprint density at radius 1 is 0.628 bits per heavy atom. The minimum Gasteiger partial charge on any atom is -0.481 e. The summed E-state index contributed by atoms with van der Waals surface area (Å²) in [7, 11) is 0. The van der Waals surface area contributed by atoms with Crippen molar-refractivity contribution in [1.82, 2.24) is 16.0 Å². The first kappa shape index (κ1) is 39.8. The molecule has 0 aliphatic rings. The van der Waals surface area contributed by atoms with Crippen LogP contribution >= 0.6 is 0 Å². The lowest BCUT2D eigenvalue weighted by Gasteiger charge is -2.16. The number of carboxylic acid groups (broad SMARTS) is 2. The average Bonchev–Trinajstić information content (AvgIpc) is 2.95. The number of nitrogens with one attached hydrogen (secondary N) is 4. The predicted molar refractivity (Wildman–Crippen MR) is 167 cm³/mol. The lowest BCUT2D eigenvalue weighted by Crippen LogP contribution is -2.42. The van der Waals surface area contributed by atoms with E-state index < -0.39 is 29.9 Å². The van der Waals surface area contributed by atoms with Crippen LogP contribution in [0.3, 0.4) is 0 Å². The molecule has 0 aromatic rings. The summed E-state index contributed by atoms with van der Waals surface area (Å²) in [5.74, 6) is -2.87. The van der Waals surface area contributed by atoms with Crippen molar-refractivity contribution in [2.24, 2.45) is 5.73 Å². The molecule has 0 aromatic heterocycles. The molecule has 0 rings (SSSR count). The summed E-state index contributed by atoms with van der Waals surface area (Å²) in [6.07, 6.45) is 19.7. The number of carbonyl (C=O) groups excluding carboxylic acids is 3. The van der Waals surface area contributed by atoms with E-state index in [2.05, 4.69) is 16.0 Å². The highest BCUT2D eigenvalue weighted by Crippen LogP contribution is 2.14. The minimum absolute atomic E-state index is 0.0689. The molecule has 0 saturated heterocycles. The number of nitrogens with two attached hydrogens (primary N) is 1. The Kier molecular flexibility index (Phi) is 25.6. The van der Waals surface area contributed by atoms with E-state index in [0.29, 0.717) is 32.1 Å². The highest BCUT2D eigenvalue weighted by atomic mass is 16.4. The Bertz CT molecular complexity index is 809. The van der Waals surface area contributed by atoms with Gasteiger partial charge in [0.15, 0.2) is 5.96 Å². The van der Waals surface area contributed by atoms with Crippen molar-refractivity contribution in [2.75, 3.05) is 6.54 Å². The molecule has 0 aromatic carbocycles. The summed E-state index contributed by atoms with van der Waals surface area (Å²) in [6, 6.07) is -1.88. The normalized spacial score (nSPS) is 12.2. The quantitative estimate of drug-likeness (QED) is 0.0265. The van der Waals surface area contributed by atoms with Gasteiger partial charge in [-0.15, -0.1) is 0 Å². The van der Waals surface area contributed by atoms with E-state index in [0.717, 1.165) is 38.5 Å². The molecule has 0 saturated carbocycles. The minimum atomic E-state index is -1.20. The number of aldehydes is 1. The summed E-state index contributed by atoms with van der Waals surface area (Å²) in [5, 5.41) is 32.8. The van der Waals surface area contributed by atoms with E-state index >= 15 is 0 Å². The highest BCUT2D eigenvalue weighted by Gasteiger charge is 2.21. The zero-order valence-electron chi connectivity index (χ0n) is 26.0. The van der Waals surface area contributed by atoms with Gasteiger partial charge in [-0.05, 0) is 32.1 Å². The van der Waals surface area contributed by atoms with Crippen LogP contribution in [0, 0.1) is 5.41 Å². The second-order valence-electron chi connectivity index (χ2n) is 11.3. The molecule has 0 spiro atoms. The number of hydrogen-bond donors (Lipinski definition) is 7. The van der Waals surface area contributed by atoms with Crippen molar-refractivity contribution in [1.29, 1.82) is 5.41 Å². The third-order valence-corrected chi connectivity index (χ3v) is 7.36. The molecule has 0 heterocycles. The SMILES string of the molecule is N=C(N)NCCC[C@@H](C=O)NC(=O)CCC(NC(=O)CCCCCCCCCCCCCCCCCCC(=O)O)C(=O)O. The lowest BCUT2D eigenvalue weighted by atomic mass is 10.0. The molecule has 2 atom stereocenters. The first-order valence-corrected chi connectivity index (χ1v) is 16.2. The molecular weight excluding hydrogens is 554 g/mol. The Balaban J connectivity index is 3.77. The number of carboxylic acids is 2. The largest absolute Gasteiger partial charge is 0.481 e. The molecule has 0 aliphatic heterocycles. The monoisotopic (exact) mass is 611 g/mol. The van der Waals surface area contributed by atoms with Crippen molar-refractivity contribution >= 4 is 36.0 Å². The van der Waals surface area contributed by atoms with Crippen LogP contribution < -0.4 is 21.7 Å². The van der Waals surface area contributed by atoms with Crippen molar-refractivity contribution in [2.45, 2.75) is 153 Å². The number of aliphatic carboxylic acids is 2. The second-order valence-corrected chi connectivity index (χ2v) is 11.3. The average molecular weight is 612 g/mol. The molecular formula is C31H57N5O7. The van der Waals surface area contributed by atoms with Crippen molar-refractivity contribution in [3.63, 3.8) is 0 Å². The molecule has 8 N–H and O–H groups in total. The predicted octanol–water partition coefficient (Wildman–Crippen LogP) is 4.39. The Hall–Kier alpha value is -3.18. The number of carbonyl (C=O) groups is 5. The highest BCUT2D eigenvalue weighted by molar-refractivity contribution is 5.85. The lowest BCUT2D eigenvalue weighted by molar-refractivity contribution is -0.142. The van der Waals surface area contributed by atoms with Crippen molar-refractivity contribution in [3.05, 3.63) is 0 Å². The van der Waals surface area contributed by atoms with E-state index in [4.69, 9.17) is 16.2 Å². The molecule has 0 aliphatic carbocycles. The van der Waals surface area contributed by atoms with Gasteiger partial charge in [0.25, 0.3) is 0 Å². The topological polar surface area (TPSA) is 212 Å². The summed E-state index contributed by atoms with van der Waals surface area (Å²) in [4.78, 5) is 57.6. The Morgan fingerprint density at radius 2 is 1.07 bits per heavy atom. The third kappa shape index (κ3) is 27.4. The Morgan fingerprint density at radius 3 is 1.49 bits per heavy atom. The van der Waals surface area contributed by atoms with Gasteiger partial charge in [0.05, 0.1) is 6.04 Å². The van der Waals surface area contributed by atoms with E-state index in [-0.39, 0.29) is 37.6 Å². The van der Waals surface area contributed by atoms with Gasteiger partial charge in [0.2, 0.25) is 11.8 Å². The zero-order chi connectivity index (χ0) is 32.1. The summed E-state index contributed by atoms with van der Waals surface area (Å²) in [5.41, 5.74) is 5.19. The van der Waals surface area contributed by atoms with Gasteiger partial charge in [-0.3, -0.25) is 19.8 Å². The molecule has 2 amide bonds. The van der Waals surface area contributed by atoms with Crippen LogP contribution in [0.5, 0.6) is 0 Å². The maximum atomic E-state index is 12.2. The fourth-order valence-electron chi connectivity index (χ4n) is 4.83. The fraction of sp³-hybridized carbons (Fsp3) is 0.806. The van der Waals surface area contributed by atoms with Crippen LogP contribution in [0.2, 0.25) is 0 Å². The summed E-state index contributed by atoms with van der Waals surface area (Å²) in [6.45, 7) is 0.395. The third-order valence-electron chi connectivity index (χ3n) is 7.36. The summed E-state index contributed by atoms with van der Waals surface area (Å²) >= 11 is 0. The van der Waals surface area contributed by atoms with E-state index in [1.54, 1.807) is 0 Å². The van der Waals surface area contributed by atoms with Crippen LogP contribution in [0.25, 0.3) is 0 Å². The van der Waals surface area contributed by atoms with Crippen LogP contribution in [0.15, 0.2) is 0 Å². The van der Waals surface area contributed by atoms with Crippen LogP contribution in [-0.2, 0) is 24.0 Å². The zero-order valence-corrected chi connectivity index (χ0v) is 26.0. The van der Waals surface area contributed by atoms with Gasteiger partial charge in [-0.25, -0.2) is 4.79 Å². The number of guanidine groups is 1. The maximum absolute atomic E-state index is 12.2. The number of unbranched alkanes of at least 4 members (excludes halogenated alkanes) is 15. The van der Waals surface area contributed by atoms with Gasteiger partial charge in [-0.2, -0.15) is 0 Å². The van der Waals surface area contributed by atoms with E-state index in [1.807, 2.05) is 0 Å². The molecule has 43 heavy (non-hydrogen) atoms. The van der Waals surface area contributed by atoms with Gasteiger partial charge < -0.3 is 36.7 Å². The van der Waals surface area contributed by atoms with E-state index in [1.165, 1.54) is 57.8 Å². The first-order valence-electron chi connectivity index (χ1n) is 16.2. The molecule has 0 radical (unpaired) electrons. The molecule has 1 unspecified atom stereocenters. The van der Waals surface area contributed by atoms with Gasteiger partial charge in [0.1, 0.15) is 12.3 Å². The molecule has 0 bridgehead atoms. The summed E-state index contributed by atoms with van der Waals surface area (Å²) < 4.78 is 0. The van der Waals surface area contributed by atoms with Crippen molar-refractivity contribution in [3.8, 4) is 0 Å². The smallest absolute Gasteiger partial charge is 0.326 e. The standard InChI is InChI=1S/C31H57N5O7/c32-31(33)34-23-17-18-25(24-37)35-28(39)22-21-26(30(42)43)36-27(38)19-15-13-11-9-7-5-3-1-2-4-6-8-10-12-14-16-20-29(40)41/h24-26H,1-23H2,(H,35,39)(H,36,38)(H,40,41)(H,42,43)(H4,32,33,34)/t25-,26?/m0/s1. The van der Waals surface area contributed by atoms with Gasteiger partial charge in [-0.1, -0.05) is 89.9 Å². The molecule has 12 heteroatoms. The first-order chi connectivity index (χ1) is 20.6. The van der Waals surface area contributed by atoms with Gasteiger partial charge in [0, 0.05) is 25.8 Å². The van der Waals surface area contributed by atoms with Crippen LogP contribution in [0.1, 0.15) is 141 Å². The number of hydrogen-bond acceptors (Lipinski definition) is 6. The fourth-order valence-corrected chi connectivity index (χ4v) is 4.83. The molecule has 248 valence electrons. The second kappa shape index (κ2) is 27.6. The molecule has 12 nitrogen and oxygen atoms in total. The van der Waals surface area contributed by atoms with E-state index in [9.17, 15) is 29.1 Å². The van der Waals surface area contributed by atoms with Crippen molar-refractivity contribution < 1.29 is 34.2 Å².